The van der Waals surface area contributed by atoms with Crippen molar-refractivity contribution in [1.29, 1.82) is 0 Å². The van der Waals surface area contributed by atoms with Gasteiger partial charge in [-0.3, -0.25) is 4.79 Å². The minimum absolute atomic E-state index is 0.0910. The van der Waals surface area contributed by atoms with E-state index in [1.807, 2.05) is 60.1 Å². The summed E-state index contributed by atoms with van der Waals surface area (Å²) in [4.78, 5) is 17.7. The highest BCUT2D eigenvalue weighted by molar-refractivity contribution is 7.13. The van der Waals surface area contributed by atoms with Crippen molar-refractivity contribution in [2.24, 2.45) is 0 Å². The van der Waals surface area contributed by atoms with E-state index in [0.29, 0.717) is 23.7 Å². The van der Waals surface area contributed by atoms with Gasteiger partial charge in [0.1, 0.15) is 5.01 Å². The number of hydrogen-bond acceptors (Lipinski definition) is 5. The molecule has 1 amide bonds. The first-order valence-electron chi connectivity index (χ1n) is 9.84. The van der Waals surface area contributed by atoms with Crippen LogP contribution in [0.15, 0.2) is 53.2 Å². The number of thiazole rings is 1. The number of carbonyl (C=O) groups excluding carboxylic acids is 1. The Morgan fingerprint density at radius 3 is 2.81 bits per heavy atom. The van der Waals surface area contributed by atoms with Gasteiger partial charge in [-0.05, 0) is 43.0 Å². The first kappa shape index (κ1) is 21.8. The van der Waals surface area contributed by atoms with Gasteiger partial charge in [-0.1, -0.05) is 29.8 Å². The lowest BCUT2D eigenvalue weighted by atomic mass is 10.2. The molecule has 0 unspecified atom stereocenters. The van der Waals surface area contributed by atoms with E-state index in [1.54, 1.807) is 29.8 Å². The van der Waals surface area contributed by atoms with Crippen molar-refractivity contribution in [3.63, 3.8) is 0 Å². The summed E-state index contributed by atoms with van der Waals surface area (Å²) >= 11 is 9.53. The Balaban J connectivity index is 1.72. The van der Waals surface area contributed by atoms with E-state index in [0.717, 1.165) is 39.1 Å². The molecule has 0 aliphatic rings. The molecule has 4 rings (SSSR count). The average molecular weight is 472 g/mol. The molecule has 0 aliphatic carbocycles. The van der Waals surface area contributed by atoms with Crippen LogP contribution in [-0.2, 0) is 4.74 Å². The Bertz CT molecular complexity index is 1180. The molecule has 0 aliphatic heterocycles. The van der Waals surface area contributed by atoms with Crippen molar-refractivity contribution < 1.29 is 9.53 Å². The van der Waals surface area contributed by atoms with Gasteiger partial charge in [-0.25, -0.2) is 4.98 Å². The summed E-state index contributed by atoms with van der Waals surface area (Å²) in [5.74, 6) is -0.0910. The molecule has 0 bridgehead atoms. The number of thiophene rings is 1. The fourth-order valence-corrected chi connectivity index (χ4v) is 5.30. The molecule has 3 heterocycles. The van der Waals surface area contributed by atoms with Crippen molar-refractivity contribution >= 4 is 40.2 Å². The SMILES string of the molecule is COCCCNC(=O)c1cc(-c2csc(-c3ccccc3Cl)n2)n(-c2cccs2)c1C. The zero-order chi connectivity index (χ0) is 21.8. The van der Waals surface area contributed by atoms with E-state index in [4.69, 9.17) is 21.3 Å². The van der Waals surface area contributed by atoms with E-state index < -0.39 is 0 Å². The summed E-state index contributed by atoms with van der Waals surface area (Å²) in [5, 5.41) is 9.59. The zero-order valence-electron chi connectivity index (χ0n) is 17.2. The van der Waals surface area contributed by atoms with Crippen LogP contribution in [0.25, 0.3) is 27.0 Å². The largest absolute Gasteiger partial charge is 0.385 e. The molecule has 1 N–H and O–H groups in total. The Morgan fingerprint density at radius 1 is 1.23 bits per heavy atom. The van der Waals surface area contributed by atoms with Crippen LogP contribution in [0.2, 0.25) is 5.02 Å². The van der Waals surface area contributed by atoms with E-state index in [2.05, 4.69) is 9.88 Å². The van der Waals surface area contributed by atoms with Crippen LogP contribution in [0.5, 0.6) is 0 Å². The first-order valence-corrected chi connectivity index (χ1v) is 12.0. The van der Waals surface area contributed by atoms with Crippen molar-refractivity contribution in [3.8, 4) is 27.0 Å². The van der Waals surface area contributed by atoms with E-state index in [-0.39, 0.29) is 5.91 Å². The maximum absolute atomic E-state index is 12.9. The number of nitrogens with one attached hydrogen (secondary N) is 1. The number of rotatable bonds is 8. The predicted molar refractivity (Wildman–Crippen MR) is 129 cm³/mol. The normalized spacial score (nSPS) is 11.1. The predicted octanol–water partition coefficient (Wildman–Crippen LogP) is 6.06. The van der Waals surface area contributed by atoms with Gasteiger partial charge in [0.15, 0.2) is 0 Å². The molecule has 0 saturated carbocycles. The maximum Gasteiger partial charge on any atom is 0.253 e. The highest BCUT2D eigenvalue weighted by Crippen LogP contribution is 2.36. The molecule has 0 spiro atoms. The zero-order valence-corrected chi connectivity index (χ0v) is 19.6. The van der Waals surface area contributed by atoms with Crippen LogP contribution in [0.4, 0.5) is 0 Å². The molecule has 31 heavy (non-hydrogen) atoms. The third-order valence-corrected chi connectivity index (χ3v) is 6.96. The van der Waals surface area contributed by atoms with E-state index in [1.165, 1.54) is 0 Å². The van der Waals surface area contributed by atoms with Gasteiger partial charge in [-0.15, -0.1) is 22.7 Å². The van der Waals surface area contributed by atoms with Crippen LogP contribution >= 0.6 is 34.3 Å². The molecule has 0 atom stereocenters. The second kappa shape index (κ2) is 9.78. The lowest BCUT2D eigenvalue weighted by Gasteiger charge is -2.08. The van der Waals surface area contributed by atoms with Gasteiger partial charge in [0.05, 0.1) is 27.0 Å². The molecular weight excluding hydrogens is 450 g/mol. The van der Waals surface area contributed by atoms with Gasteiger partial charge in [-0.2, -0.15) is 0 Å². The molecule has 8 heteroatoms. The molecule has 0 saturated heterocycles. The number of benzene rings is 1. The highest BCUT2D eigenvalue weighted by Gasteiger charge is 2.22. The number of nitrogens with zero attached hydrogens (tertiary/aromatic N) is 2. The number of ether oxygens (including phenoxy) is 1. The number of methoxy groups -OCH3 is 1. The van der Waals surface area contributed by atoms with Crippen molar-refractivity contribution in [1.82, 2.24) is 14.9 Å². The summed E-state index contributed by atoms with van der Waals surface area (Å²) in [7, 11) is 1.66. The Morgan fingerprint density at radius 2 is 2.06 bits per heavy atom. The molecular formula is C23H22ClN3O2S2. The second-order valence-corrected chi connectivity index (χ2v) is 9.13. The molecule has 160 valence electrons. The summed E-state index contributed by atoms with van der Waals surface area (Å²) in [6, 6.07) is 13.7. The monoisotopic (exact) mass is 471 g/mol. The highest BCUT2D eigenvalue weighted by atomic mass is 35.5. The van der Waals surface area contributed by atoms with Gasteiger partial charge in [0, 0.05) is 36.9 Å². The minimum Gasteiger partial charge on any atom is -0.385 e. The molecule has 1 aromatic carbocycles. The fourth-order valence-electron chi connectivity index (χ4n) is 3.37. The maximum atomic E-state index is 12.9. The van der Waals surface area contributed by atoms with Crippen LogP contribution in [-0.4, -0.2) is 35.7 Å². The standard InChI is InChI=1S/C23H22ClN3O2S2/c1-15-17(22(28)25-10-6-11-29-2)13-20(27(15)21-9-5-12-30-21)19-14-31-23(26-19)16-7-3-4-8-18(16)24/h3-5,7-9,12-14H,6,10-11H2,1-2H3,(H,25,28). The van der Waals surface area contributed by atoms with Crippen LogP contribution < -0.4 is 5.32 Å². The van der Waals surface area contributed by atoms with Crippen LogP contribution in [0.1, 0.15) is 22.5 Å². The summed E-state index contributed by atoms with van der Waals surface area (Å²) in [5.41, 5.74) is 4.14. The Labute approximate surface area is 194 Å². The number of carbonyl (C=O) groups is 1. The third kappa shape index (κ3) is 4.60. The summed E-state index contributed by atoms with van der Waals surface area (Å²) in [6.45, 7) is 3.15. The van der Waals surface area contributed by atoms with Gasteiger partial charge in [0.2, 0.25) is 0 Å². The molecule has 0 radical (unpaired) electrons. The average Bonchev–Trinajstić information content (AvgIpc) is 3.51. The summed E-state index contributed by atoms with van der Waals surface area (Å²) < 4.78 is 7.16. The van der Waals surface area contributed by atoms with Crippen molar-refractivity contribution in [2.75, 3.05) is 20.3 Å². The lowest BCUT2D eigenvalue weighted by molar-refractivity contribution is 0.0948. The van der Waals surface area contributed by atoms with Crippen molar-refractivity contribution in [3.05, 3.63) is 69.5 Å². The smallest absolute Gasteiger partial charge is 0.253 e. The minimum atomic E-state index is -0.0910. The van der Waals surface area contributed by atoms with Gasteiger partial charge in [0.25, 0.3) is 5.91 Å². The number of amides is 1. The Kier molecular flexibility index (Phi) is 6.87. The lowest BCUT2D eigenvalue weighted by Crippen LogP contribution is -2.25. The van der Waals surface area contributed by atoms with Crippen LogP contribution in [0.3, 0.4) is 0 Å². The molecule has 3 aromatic heterocycles. The quantitative estimate of drug-likeness (QED) is 0.318. The number of hydrogen-bond donors (Lipinski definition) is 1. The molecule has 4 aromatic rings. The van der Waals surface area contributed by atoms with E-state index in [9.17, 15) is 4.79 Å². The van der Waals surface area contributed by atoms with E-state index >= 15 is 0 Å². The fraction of sp³-hybridized carbons (Fsp3) is 0.217. The summed E-state index contributed by atoms with van der Waals surface area (Å²) in [6.07, 6.45) is 0.771. The first-order chi connectivity index (χ1) is 15.1. The topological polar surface area (TPSA) is 56.1 Å². The number of halogens is 1. The van der Waals surface area contributed by atoms with Gasteiger partial charge >= 0.3 is 0 Å². The number of aromatic nitrogens is 2. The van der Waals surface area contributed by atoms with Crippen molar-refractivity contribution in [2.45, 2.75) is 13.3 Å². The molecule has 5 nitrogen and oxygen atoms in total. The van der Waals surface area contributed by atoms with Crippen LogP contribution in [0, 0.1) is 6.92 Å². The second-order valence-electron chi connectivity index (χ2n) is 6.94. The Hall–Kier alpha value is -2.45. The molecule has 0 fully saturated rings. The van der Waals surface area contributed by atoms with Gasteiger partial charge < -0.3 is 14.6 Å². The third-order valence-electron chi connectivity index (χ3n) is 4.90.